The topological polar surface area (TPSA) is 116 Å². The van der Waals surface area contributed by atoms with Gasteiger partial charge in [0.2, 0.25) is 5.95 Å². The molecule has 28 heavy (non-hydrogen) atoms. The van der Waals surface area contributed by atoms with E-state index in [0.29, 0.717) is 40.7 Å². The predicted octanol–water partition coefficient (Wildman–Crippen LogP) is 2.90. The summed E-state index contributed by atoms with van der Waals surface area (Å²) in [6.07, 6.45) is 1.11. The van der Waals surface area contributed by atoms with Crippen LogP contribution in [-0.4, -0.2) is 38.9 Å². The van der Waals surface area contributed by atoms with Crippen LogP contribution in [0.5, 0.6) is 11.5 Å². The molecule has 3 rings (SSSR count). The van der Waals surface area contributed by atoms with E-state index in [1.165, 1.54) is 20.3 Å². The highest BCUT2D eigenvalue weighted by Gasteiger charge is 2.14. The number of rotatable bonds is 6. The normalized spacial score (nSPS) is 11.4. The van der Waals surface area contributed by atoms with Crippen LogP contribution in [0.3, 0.4) is 0 Å². The SMILES string of the molecule is COc1cc2nc(NCc3ccc(S(C)(=O)=O)c(Cl)c3)nc(N)c2cc1OC. The van der Waals surface area contributed by atoms with Crippen molar-refractivity contribution in [3.05, 3.63) is 40.9 Å². The first-order valence-electron chi connectivity index (χ1n) is 8.14. The lowest BCUT2D eigenvalue weighted by atomic mass is 10.2. The highest BCUT2D eigenvalue weighted by Crippen LogP contribution is 2.33. The van der Waals surface area contributed by atoms with E-state index in [4.69, 9.17) is 26.8 Å². The molecule has 0 unspecified atom stereocenters. The molecule has 0 bridgehead atoms. The number of nitrogen functional groups attached to an aromatic ring is 1. The van der Waals surface area contributed by atoms with Crippen LogP contribution in [-0.2, 0) is 16.4 Å². The van der Waals surface area contributed by atoms with Gasteiger partial charge in [-0.15, -0.1) is 0 Å². The van der Waals surface area contributed by atoms with E-state index in [1.807, 2.05) is 0 Å². The minimum atomic E-state index is -3.38. The minimum Gasteiger partial charge on any atom is -0.493 e. The van der Waals surface area contributed by atoms with Crippen molar-refractivity contribution < 1.29 is 17.9 Å². The lowest BCUT2D eigenvalue weighted by molar-refractivity contribution is 0.356. The fraction of sp³-hybridized carbons (Fsp3) is 0.222. The molecule has 0 amide bonds. The second-order valence-corrected chi connectivity index (χ2v) is 8.44. The van der Waals surface area contributed by atoms with E-state index >= 15 is 0 Å². The predicted molar refractivity (Wildman–Crippen MR) is 109 cm³/mol. The van der Waals surface area contributed by atoms with E-state index in [2.05, 4.69) is 15.3 Å². The number of hydrogen-bond acceptors (Lipinski definition) is 8. The van der Waals surface area contributed by atoms with E-state index in [9.17, 15) is 8.42 Å². The molecular formula is C18H19ClN4O4S. The lowest BCUT2D eigenvalue weighted by Gasteiger charge is -2.12. The molecular weight excluding hydrogens is 404 g/mol. The molecule has 1 aromatic heterocycles. The van der Waals surface area contributed by atoms with Crippen LogP contribution in [0.2, 0.25) is 5.02 Å². The van der Waals surface area contributed by atoms with Gasteiger partial charge in [0, 0.05) is 24.3 Å². The van der Waals surface area contributed by atoms with Crippen molar-refractivity contribution in [2.45, 2.75) is 11.4 Å². The van der Waals surface area contributed by atoms with Gasteiger partial charge in [-0.1, -0.05) is 17.7 Å². The number of benzene rings is 2. The number of nitrogens with two attached hydrogens (primary N) is 1. The third-order valence-corrected chi connectivity index (χ3v) is 5.66. The van der Waals surface area contributed by atoms with Gasteiger partial charge in [-0.3, -0.25) is 0 Å². The first kappa shape index (κ1) is 20.0. The smallest absolute Gasteiger partial charge is 0.225 e. The van der Waals surface area contributed by atoms with Gasteiger partial charge in [0.15, 0.2) is 21.3 Å². The van der Waals surface area contributed by atoms with Crippen LogP contribution >= 0.6 is 11.6 Å². The van der Waals surface area contributed by atoms with Crippen molar-refractivity contribution in [3.8, 4) is 11.5 Å². The number of anilines is 2. The quantitative estimate of drug-likeness (QED) is 0.622. The summed E-state index contributed by atoms with van der Waals surface area (Å²) in [6, 6.07) is 8.17. The third kappa shape index (κ3) is 4.05. The molecule has 0 saturated heterocycles. The van der Waals surface area contributed by atoms with Crippen LogP contribution in [0.1, 0.15) is 5.56 Å². The average molecular weight is 423 g/mol. The van der Waals surface area contributed by atoms with E-state index in [1.54, 1.807) is 24.3 Å². The van der Waals surface area contributed by atoms with Gasteiger partial charge in [0.1, 0.15) is 5.82 Å². The van der Waals surface area contributed by atoms with Crippen LogP contribution in [0.4, 0.5) is 11.8 Å². The zero-order chi connectivity index (χ0) is 20.5. The minimum absolute atomic E-state index is 0.0881. The van der Waals surface area contributed by atoms with Crippen molar-refractivity contribution in [1.29, 1.82) is 0 Å². The van der Waals surface area contributed by atoms with Gasteiger partial charge in [0.05, 0.1) is 29.7 Å². The zero-order valence-electron chi connectivity index (χ0n) is 15.5. The highest BCUT2D eigenvalue weighted by molar-refractivity contribution is 7.90. The Balaban J connectivity index is 1.88. The standard InChI is InChI=1S/C18H19ClN4O4S/c1-26-14-7-11-13(8-15(14)27-2)22-18(23-17(11)20)21-9-10-4-5-16(12(19)6-10)28(3,24)25/h4-8H,9H2,1-3H3,(H3,20,21,22,23). The van der Waals surface area contributed by atoms with Gasteiger partial charge in [-0.05, 0) is 23.8 Å². The zero-order valence-corrected chi connectivity index (χ0v) is 17.1. The second kappa shape index (κ2) is 7.69. The van der Waals surface area contributed by atoms with Crippen LogP contribution in [0.15, 0.2) is 35.2 Å². The summed E-state index contributed by atoms with van der Waals surface area (Å²) < 4.78 is 33.9. The fourth-order valence-corrected chi connectivity index (χ4v) is 4.05. The molecule has 0 radical (unpaired) electrons. The molecule has 1 heterocycles. The Bertz CT molecular complexity index is 1150. The number of sulfone groups is 1. The number of hydrogen-bond donors (Lipinski definition) is 2. The van der Waals surface area contributed by atoms with E-state index in [0.717, 1.165) is 11.8 Å². The summed E-state index contributed by atoms with van der Waals surface area (Å²) in [5, 5.41) is 3.87. The number of nitrogens with zero attached hydrogens (tertiary/aromatic N) is 2. The molecule has 0 saturated carbocycles. The molecule has 0 aliphatic rings. The fourth-order valence-electron chi connectivity index (χ4n) is 2.69. The van der Waals surface area contributed by atoms with Gasteiger partial charge in [-0.25, -0.2) is 13.4 Å². The maximum absolute atomic E-state index is 11.7. The Kier molecular flexibility index (Phi) is 5.48. The monoisotopic (exact) mass is 422 g/mol. The number of halogens is 1. The molecule has 0 aliphatic heterocycles. The first-order chi connectivity index (χ1) is 13.2. The van der Waals surface area contributed by atoms with Crippen molar-refractivity contribution >= 4 is 44.1 Å². The van der Waals surface area contributed by atoms with Crippen LogP contribution in [0, 0.1) is 0 Å². The molecule has 0 spiro atoms. The van der Waals surface area contributed by atoms with Crippen LogP contribution in [0.25, 0.3) is 10.9 Å². The Morgan fingerprint density at radius 2 is 1.79 bits per heavy atom. The Morgan fingerprint density at radius 3 is 2.39 bits per heavy atom. The van der Waals surface area contributed by atoms with Gasteiger partial charge >= 0.3 is 0 Å². The summed E-state index contributed by atoms with van der Waals surface area (Å²) >= 11 is 6.08. The molecule has 2 aromatic carbocycles. The van der Waals surface area contributed by atoms with Crippen molar-refractivity contribution in [2.75, 3.05) is 31.5 Å². The van der Waals surface area contributed by atoms with E-state index < -0.39 is 9.84 Å². The summed E-state index contributed by atoms with van der Waals surface area (Å²) in [5.41, 5.74) is 7.42. The summed E-state index contributed by atoms with van der Waals surface area (Å²) in [5.74, 6) is 1.67. The van der Waals surface area contributed by atoms with Gasteiger partial charge in [-0.2, -0.15) is 4.98 Å². The first-order valence-corrected chi connectivity index (χ1v) is 10.4. The van der Waals surface area contributed by atoms with Crippen LogP contribution < -0.4 is 20.5 Å². The Morgan fingerprint density at radius 1 is 1.11 bits per heavy atom. The molecule has 148 valence electrons. The average Bonchev–Trinajstić information content (AvgIpc) is 2.64. The molecule has 10 heteroatoms. The van der Waals surface area contributed by atoms with Crippen molar-refractivity contribution in [2.24, 2.45) is 0 Å². The molecule has 0 atom stereocenters. The molecule has 3 N–H and O–H groups in total. The largest absolute Gasteiger partial charge is 0.493 e. The van der Waals surface area contributed by atoms with Crippen molar-refractivity contribution in [1.82, 2.24) is 9.97 Å². The second-order valence-electron chi connectivity index (χ2n) is 6.05. The number of ether oxygens (including phenoxy) is 2. The van der Waals surface area contributed by atoms with E-state index in [-0.39, 0.29) is 9.92 Å². The summed E-state index contributed by atoms with van der Waals surface area (Å²) in [6.45, 7) is 0.335. The number of nitrogens with one attached hydrogen (secondary N) is 1. The number of fused-ring (bicyclic) bond motifs is 1. The number of aromatic nitrogens is 2. The summed E-state index contributed by atoms with van der Waals surface area (Å²) in [7, 11) is -0.298. The number of methoxy groups -OCH3 is 2. The Labute approximate surface area is 167 Å². The summed E-state index contributed by atoms with van der Waals surface area (Å²) in [4.78, 5) is 8.79. The van der Waals surface area contributed by atoms with Gasteiger partial charge < -0.3 is 20.5 Å². The molecule has 8 nitrogen and oxygen atoms in total. The highest BCUT2D eigenvalue weighted by atomic mass is 35.5. The maximum atomic E-state index is 11.7. The lowest BCUT2D eigenvalue weighted by Crippen LogP contribution is -2.07. The third-order valence-electron chi connectivity index (χ3n) is 4.08. The van der Waals surface area contributed by atoms with Crippen molar-refractivity contribution in [3.63, 3.8) is 0 Å². The Hall–Kier alpha value is -2.78. The van der Waals surface area contributed by atoms with Gasteiger partial charge in [0.25, 0.3) is 0 Å². The molecule has 0 aliphatic carbocycles. The maximum Gasteiger partial charge on any atom is 0.225 e. The molecule has 3 aromatic rings. The molecule has 0 fully saturated rings.